The molecular weight excluding hydrogens is 276 g/mol. The lowest BCUT2D eigenvalue weighted by molar-refractivity contribution is 0.162. The van der Waals surface area contributed by atoms with Gasteiger partial charge >= 0.3 is 0 Å². The van der Waals surface area contributed by atoms with Crippen LogP contribution in [0.5, 0.6) is 5.75 Å². The van der Waals surface area contributed by atoms with Gasteiger partial charge in [0.1, 0.15) is 24.0 Å². The molecular formula is C16H15F2NO2. The first kappa shape index (κ1) is 14.0. The average Bonchev–Trinajstić information content (AvgIpc) is 2.88. The number of rotatable bonds is 4. The van der Waals surface area contributed by atoms with Gasteiger partial charge in [0.25, 0.3) is 0 Å². The standard InChI is InChI=1S/C16H15F2NO2/c17-10-5-6-11(13(18)7-10)15(20)8-19-14-9-21-16-4-2-1-3-12(14)16/h1-7,14-15,19-20H,8-9H2. The summed E-state index contributed by atoms with van der Waals surface area (Å²) in [5, 5.41) is 13.2. The molecule has 2 unspecified atom stereocenters. The van der Waals surface area contributed by atoms with Crippen LogP contribution in [-0.4, -0.2) is 18.3 Å². The Bertz CT molecular complexity index is 648. The fourth-order valence-electron chi connectivity index (χ4n) is 2.47. The summed E-state index contributed by atoms with van der Waals surface area (Å²) in [5.74, 6) is -0.584. The summed E-state index contributed by atoms with van der Waals surface area (Å²) >= 11 is 0. The summed E-state index contributed by atoms with van der Waals surface area (Å²) in [6.07, 6.45) is -1.04. The molecule has 2 aromatic rings. The Balaban J connectivity index is 1.66. The summed E-state index contributed by atoms with van der Waals surface area (Å²) in [7, 11) is 0. The number of halogens is 2. The van der Waals surface area contributed by atoms with Crippen LogP contribution in [0.2, 0.25) is 0 Å². The van der Waals surface area contributed by atoms with E-state index in [2.05, 4.69) is 5.32 Å². The van der Waals surface area contributed by atoms with Gasteiger partial charge in [-0.05, 0) is 12.1 Å². The quantitative estimate of drug-likeness (QED) is 0.910. The molecule has 21 heavy (non-hydrogen) atoms. The molecule has 1 aliphatic rings. The van der Waals surface area contributed by atoms with Crippen molar-refractivity contribution in [2.45, 2.75) is 12.1 Å². The maximum atomic E-state index is 13.6. The Morgan fingerprint density at radius 3 is 2.86 bits per heavy atom. The third kappa shape index (κ3) is 2.89. The van der Waals surface area contributed by atoms with E-state index in [9.17, 15) is 13.9 Å². The van der Waals surface area contributed by atoms with Gasteiger partial charge in [-0.2, -0.15) is 0 Å². The van der Waals surface area contributed by atoms with Crippen LogP contribution in [0, 0.1) is 11.6 Å². The van der Waals surface area contributed by atoms with Crippen LogP contribution in [0.1, 0.15) is 23.3 Å². The van der Waals surface area contributed by atoms with Gasteiger partial charge in [0.15, 0.2) is 0 Å². The number of para-hydroxylation sites is 1. The minimum atomic E-state index is -1.04. The van der Waals surface area contributed by atoms with Crippen LogP contribution in [0.3, 0.4) is 0 Å². The molecule has 0 aliphatic carbocycles. The van der Waals surface area contributed by atoms with E-state index >= 15 is 0 Å². The first-order valence-electron chi connectivity index (χ1n) is 6.73. The molecule has 2 aromatic carbocycles. The summed E-state index contributed by atoms with van der Waals surface area (Å²) < 4.78 is 32.0. The Labute approximate surface area is 121 Å². The third-order valence-electron chi connectivity index (χ3n) is 3.58. The van der Waals surface area contributed by atoms with Crippen LogP contribution < -0.4 is 10.1 Å². The predicted octanol–water partition coefficient (Wildman–Crippen LogP) is 2.72. The van der Waals surface area contributed by atoms with Crippen molar-refractivity contribution in [2.75, 3.05) is 13.2 Å². The highest BCUT2D eigenvalue weighted by Crippen LogP contribution is 2.32. The van der Waals surface area contributed by atoms with Crippen molar-refractivity contribution in [1.82, 2.24) is 5.32 Å². The monoisotopic (exact) mass is 291 g/mol. The number of aliphatic hydroxyl groups is 1. The summed E-state index contributed by atoms with van der Waals surface area (Å²) in [6, 6.07) is 10.8. The lowest BCUT2D eigenvalue weighted by atomic mass is 10.1. The van der Waals surface area contributed by atoms with Gasteiger partial charge in [0.2, 0.25) is 0 Å². The number of hydrogen-bond donors (Lipinski definition) is 2. The molecule has 2 N–H and O–H groups in total. The highest BCUT2D eigenvalue weighted by Gasteiger charge is 2.24. The summed E-state index contributed by atoms with van der Waals surface area (Å²) in [6.45, 7) is 0.628. The SMILES string of the molecule is OC(CNC1COc2ccccc21)c1ccc(F)cc1F. The van der Waals surface area contributed by atoms with E-state index < -0.39 is 17.7 Å². The number of aliphatic hydroxyl groups excluding tert-OH is 1. The Morgan fingerprint density at radius 1 is 1.24 bits per heavy atom. The number of benzene rings is 2. The lowest BCUT2D eigenvalue weighted by Gasteiger charge is -2.16. The number of hydrogen-bond acceptors (Lipinski definition) is 3. The molecule has 110 valence electrons. The van der Waals surface area contributed by atoms with Crippen molar-refractivity contribution in [3.8, 4) is 5.75 Å². The van der Waals surface area contributed by atoms with Crippen LogP contribution in [0.4, 0.5) is 8.78 Å². The molecule has 0 aromatic heterocycles. The minimum absolute atomic E-state index is 0.0423. The zero-order valence-electron chi connectivity index (χ0n) is 11.2. The second-order valence-electron chi connectivity index (χ2n) is 4.99. The predicted molar refractivity (Wildman–Crippen MR) is 74.0 cm³/mol. The fraction of sp³-hybridized carbons (Fsp3) is 0.250. The molecule has 0 saturated heterocycles. The van der Waals surface area contributed by atoms with E-state index in [1.54, 1.807) is 0 Å². The van der Waals surface area contributed by atoms with Gasteiger partial charge in [-0.25, -0.2) is 8.78 Å². The van der Waals surface area contributed by atoms with Crippen LogP contribution >= 0.6 is 0 Å². The zero-order valence-corrected chi connectivity index (χ0v) is 11.2. The van der Waals surface area contributed by atoms with Crippen LogP contribution in [0.15, 0.2) is 42.5 Å². The number of ether oxygens (including phenoxy) is 1. The summed E-state index contributed by atoms with van der Waals surface area (Å²) in [4.78, 5) is 0. The number of fused-ring (bicyclic) bond motifs is 1. The third-order valence-corrected chi connectivity index (χ3v) is 3.58. The molecule has 0 spiro atoms. The molecule has 1 heterocycles. The van der Waals surface area contributed by atoms with Gasteiger partial charge in [-0.3, -0.25) is 0 Å². The van der Waals surface area contributed by atoms with Gasteiger partial charge in [-0.1, -0.05) is 24.3 Å². The minimum Gasteiger partial charge on any atom is -0.491 e. The molecule has 0 fully saturated rings. The van der Waals surface area contributed by atoms with Crippen molar-refractivity contribution in [3.05, 3.63) is 65.2 Å². The van der Waals surface area contributed by atoms with Crippen molar-refractivity contribution >= 4 is 0 Å². The van der Waals surface area contributed by atoms with Crippen molar-refractivity contribution in [3.63, 3.8) is 0 Å². The van der Waals surface area contributed by atoms with Crippen LogP contribution in [0.25, 0.3) is 0 Å². The molecule has 0 saturated carbocycles. The molecule has 0 bridgehead atoms. The van der Waals surface area contributed by atoms with Gasteiger partial charge in [-0.15, -0.1) is 0 Å². The molecule has 5 heteroatoms. The maximum absolute atomic E-state index is 13.6. The average molecular weight is 291 g/mol. The molecule has 2 atom stereocenters. The molecule has 3 rings (SSSR count). The first-order chi connectivity index (χ1) is 10.1. The molecule has 1 aliphatic heterocycles. The van der Waals surface area contributed by atoms with Gasteiger partial charge in [0, 0.05) is 23.7 Å². The van der Waals surface area contributed by atoms with E-state index in [-0.39, 0.29) is 18.2 Å². The molecule has 0 radical (unpaired) electrons. The van der Waals surface area contributed by atoms with Crippen molar-refractivity contribution in [1.29, 1.82) is 0 Å². The van der Waals surface area contributed by atoms with E-state index in [0.29, 0.717) is 6.61 Å². The van der Waals surface area contributed by atoms with E-state index in [1.807, 2.05) is 24.3 Å². The highest BCUT2D eigenvalue weighted by atomic mass is 19.1. The van der Waals surface area contributed by atoms with Gasteiger partial charge in [0.05, 0.1) is 12.1 Å². The fourth-order valence-corrected chi connectivity index (χ4v) is 2.47. The topological polar surface area (TPSA) is 41.5 Å². The normalized spacial score (nSPS) is 18.1. The Morgan fingerprint density at radius 2 is 2.05 bits per heavy atom. The summed E-state index contributed by atoms with van der Waals surface area (Å²) in [5.41, 5.74) is 1.10. The highest BCUT2D eigenvalue weighted by molar-refractivity contribution is 5.39. The van der Waals surface area contributed by atoms with Crippen molar-refractivity contribution in [2.24, 2.45) is 0 Å². The lowest BCUT2D eigenvalue weighted by Crippen LogP contribution is -2.27. The smallest absolute Gasteiger partial charge is 0.131 e. The first-order valence-corrected chi connectivity index (χ1v) is 6.73. The molecule has 3 nitrogen and oxygen atoms in total. The zero-order chi connectivity index (χ0) is 14.8. The van der Waals surface area contributed by atoms with E-state index in [4.69, 9.17) is 4.74 Å². The molecule has 0 amide bonds. The number of nitrogens with one attached hydrogen (secondary N) is 1. The maximum Gasteiger partial charge on any atom is 0.131 e. The Hall–Kier alpha value is -1.98. The Kier molecular flexibility index (Phi) is 3.86. The second kappa shape index (κ2) is 5.79. The van der Waals surface area contributed by atoms with E-state index in [0.717, 1.165) is 23.4 Å². The van der Waals surface area contributed by atoms with Gasteiger partial charge < -0.3 is 15.2 Å². The van der Waals surface area contributed by atoms with E-state index in [1.165, 1.54) is 6.07 Å². The van der Waals surface area contributed by atoms with Crippen LogP contribution in [-0.2, 0) is 0 Å². The largest absolute Gasteiger partial charge is 0.491 e. The van der Waals surface area contributed by atoms with Crippen molar-refractivity contribution < 1.29 is 18.6 Å². The second-order valence-corrected chi connectivity index (χ2v) is 4.99.